The number of hydrogen-bond donors (Lipinski definition) is 4. The van der Waals surface area contributed by atoms with Gasteiger partial charge in [-0.15, -0.1) is 0 Å². The summed E-state index contributed by atoms with van der Waals surface area (Å²) in [6.45, 7) is 0.888. The van der Waals surface area contributed by atoms with Crippen LogP contribution in [-0.2, 0) is 4.79 Å². The molecule has 0 aliphatic carbocycles. The summed E-state index contributed by atoms with van der Waals surface area (Å²) in [5.74, 6) is 0.141. The highest BCUT2D eigenvalue weighted by Crippen LogP contribution is 2.27. The molecule has 1 saturated heterocycles. The van der Waals surface area contributed by atoms with Crippen LogP contribution in [0.5, 0.6) is 0 Å². The fourth-order valence-corrected chi connectivity index (χ4v) is 2.73. The molecule has 10 nitrogen and oxygen atoms in total. The molecule has 0 bridgehead atoms. The van der Waals surface area contributed by atoms with Crippen molar-refractivity contribution in [1.82, 2.24) is 24.4 Å². The van der Waals surface area contributed by atoms with E-state index < -0.39 is 6.10 Å². The van der Waals surface area contributed by atoms with Gasteiger partial charge in [-0.1, -0.05) is 0 Å². The summed E-state index contributed by atoms with van der Waals surface area (Å²) in [5, 5.41) is 10.3. The smallest absolute Gasteiger partial charge is 0.224 e. The highest BCUT2D eigenvalue weighted by Gasteiger charge is 2.36. The van der Waals surface area contributed by atoms with Crippen molar-refractivity contribution in [3.8, 4) is 0 Å². The van der Waals surface area contributed by atoms with E-state index in [1.54, 1.807) is 9.47 Å². The molecule has 2 aromatic heterocycles. The Kier molecular flexibility index (Phi) is 3.54. The van der Waals surface area contributed by atoms with Gasteiger partial charge >= 0.3 is 0 Å². The number of carbonyl (C=O) groups is 1. The zero-order valence-corrected chi connectivity index (χ0v) is 11.9. The van der Waals surface area contributed by atoms with Gasteiger partial charge in [-0.25, -0.2) is 4.98 Å². The number of nitrogens with zero attached hydrogens (tertiary/aromatic N) is 5. The molecule has 22 heavy (non-hydrogen) atoms. The second-order valence-corrected chi connectivity index (χ2v) is 5.26. The summed E-state index contributed by atoms with van der Waals surface area (Å²) in [5.41, 5.74) is 17.7. The molecule has 3 heterocycles. The first-order valence-corrected chi connectivity index (χ1v) is 6.92. The predicted molar refractivity (Wildman–Crippen MR) is 79.4 cm³/mol. The average molecular weight is 306 g/mol. The third-order valence-corrected chi connectivity index (χ3v) is 3.79. The molecule has 2 atom stereocenters. The number of amides is 1. The molecule has 1 amide bonds. The lowest BCUT2D eigenvalue weighted by Gasteiger charge is -2.16. The van der Waals surface area contributed by atoms with Crippen molar-refractivity contribution in [3.63, 3.8) is 0 Å². The molecule has 1 fully saturated rings. The number of β-amino-alcohol motifs (C(OH)–C–C–N with tert-alkyl or cyclic N) is 1. The molecule has 118 valence electrons. The maximum Gasteiger partial charge on any atom is 0.224 e. The molecule has 3 rings (SSSR count). The van der Waals surface area contributed by atoms with Gasteiger partial charge in [0, 0.05) is 26.1 Å². The Morgan fingerprint density at radius 3 is 2.86 bits per heavy atom. The monoisotopic (exact) mass is 306 g/mol. The van der Waals surface area contributed by atoms with E-state index >= 15 is 0 Å². The van der Waals surface area contributed by atoms with Gasteiger partial charge in [0.25, 0.3) is 0 Å². The van der Waals surface area contributed by atoms with Gasteiger partial charge in [-0.3, -0.25) is 4.79 Å². The lowest BCUT2D eigenvalue weighted by atomic mass is 10.2. The van der Waals surface area contributed by atoms with Gasteiger partial charge in [0.2, 0.25) is 11.9 Å². The van der Waals surface area contributed by atoms with E-state index in [-0.39, 0.29) is 43.2 Å². The van der Waals surface area contributed by atoms with Crippen molar-refractivity contribution in [2.75, 3.05) is 31.1 Å². The molecule has 10 heteroatoms. The number of aliphatic hydroxyl groups is 1. The first-order chi connectivity index (χ1) is 10.5. The fraction of sp³-hybridized carbons (Fsp3) is 0.500. The van der Waals surface area contributed by atoms with Crippen molar-refractivity contribution >= 4 is 28.8 Å². The van der Waals surface area contributed by atoms with Crippen molar-refractivity contribution in [2.24, 2.45) is 5.73 Å². The fourth-order valence-electron chi connectivity index (χ4n) is 2.73. The van der Waals surface area contributed by atoms with Crippen molar-refractivity contribution in [2.45, 2.75) is 18.6 Å². The second kappa shape index (κ2) is 5.39. The second-order valence-electron chi connectivity index (χ2n) is 5.26. The van der Waals surface area contributed by atoms with Crippen LogP contribution in [0.15, 0.2) is 6.33 Å². The number of fused-ring (bicyclic) bond motifs is 1. The summed E-state index contributed by atoms with van der Waals surface area (Å²) in [6.07, 6.45) is 1.06. The van der Waals surface area contributed by atoms with E-state index in [2.05, 4.69) is 15.0 Å². The zero-order chi connectivity index (χ0) is 15.9. The molecule has 2 aromatic rings. The van der Waals surface area contributed by atoms with Crippen LogP contribution in [0.3, 0.4) is 0 Å². The first kappa shape index (κ1) is 14.5. The van der Waals surface area contributed by atoms with Crippen LogP contribution in [0.2, 0.25) is 0 Å². The Hall–Kier alpha value is -2.46. The number of nitrogen functional groups attached to an aromatic ring is 2. The first-order valence-electron chi connectivity index (χ1n) is 6.92. The highest BCUT2D eigenvalue weighted by molar-refractivity contribution is 5.83. The summed E-state index contributed by atoms with van der Waals surface area (Å²) < 4.78 is 1.68. The van der Waals surface area contributed by atoms with Crippen molar-refractivity contribution < 1.29 is 9.90 Å². The average Bonchev–Trinajstić information content (AvgIpc) is 3.02. The van der Waals surface area contributed by atoms with E-state index in [4.69, 9.17) is 17.2 Å². The quantitative estimate of drug-likeness (QED) is 0.510. The van der Waals surface area contributed by atoms with E-state index in [9.17, 15) is 9.90 Å². The SMILES string of the molecule is NCCC(=O)N1C[C@H](O)[C@@H](n2cnc3c(N)nc(N)nc32)C1. The van der Waals surface area contributed by atoms with E-state index in [1.165, 1.54) is 6.33 Å². The molecular formula is C12H18N8O2. The van der Waals surface area contributed by atoms with Crippen molar-refractivity contribution in [3.05, 3.63) is 6.33 Å². The lowest BCUT2D eigenvalue weighted by Crippen LogP contribution is -2.31. The third-order valence-electron chi connectivity index (χ3n) is 3.79. The minimum atomic E-state index is -0.725. The van der Waals surface area contributed by atoms with Gasteiger partial charge in [0.05, 0.1) is 18.5 Å². The van der Waals surface area contributed by atoms with Crippen LogP contribution in [-0.4, -0.2) is 61.2 Å². The van der Waals surface area contributed by atoms with Crippen LogP contribution in [0.4, 0.5) is 11.8 Å². The molecule has 7 N–H and O–H groups in total. The number of likely N-dealkylation sites (tertiary alicyclic amines) is 1. The Morgan fingerprint density at radius 1 is 1.36 bits per heavy atom. The molecule has 0 aromatic carbocycles. The van der Waals surface area contributed by atoms with Gasteiger partial charge in [0.15, 0.2) is 11.5 Å². The largest absolute Gasteiger partial charge is 0.389 e. The normalized spacial score (nSPS) is 21.6. The Morgan fingerprint density at radius 2 is 2.14 bits per heavy atom. The standard InChI is InChI=1S/C12H18N8O2/c13-2-1-8(22)19-3-6(7(21)4-19)20-5-16-9-10(14)17-12(15)18-11(9)20/h5-7,21H,1-4,13H2,(H4,14,15,17,18)/t6-,7-/m0/s1. The maximum absolute atomic E-state index is 11.9. The Bertz CT molecular complexity index is 714. The van der Waals surface area contributed by atoms with Crippen LogP contribution in [0, 0.1) is 0 Å². The summed E-state index contributed by atoms with van der Waals surface area (Å²) >= 11 is 0. The van der Waals surface area contributed by atoms with Gasteiger partial charge in [-0.2, -0.15) is 9.97 Å². The highest BCUT2D eigenvalue weighted by atomic mass is 16.3. The number of imidazole rings is 1. The number of carbonyl (C=O) groups excluding carboxylic acids is 1. The molecule has 0 radical (unpaired) electrons. The Balaban J connectivity index is 1.93. The van der Waals surface area contributed by atoms with E-state index in [0.29, 0.717) is 17.7 Å². The van der Waals surface area contributed by atoms with Gasteiger partial charge in [0.1, 0.15) is 5.52 Å². The molecule has 1 aliphatic heterocycles. The predicted octanol–water partition coefficient (Wildman–Crippen LogP) is -1.92. The molecule has 1 aliphatic rings. The van der Waals surface area contributed by atoms with Gasteiger partial charge < -0.3 is 31.8 Å². The number of aromatic nitrogens is 4. The minimum Gasteiger partial charge on any atom is -0.389 e. The summed E-state index contributed by atoms with van der Waals surface area (Å²) in [4.78, 5) is 25.7. The topological polar surface area (TPSA) is 162 Å². The number of rotatable bonds is 3. The van der Waals surface area contributed by atoms with E-state index in [0.717, 1.165) is 0 Å². The van der Waals surface area contributed by atoms with E-state index in [1.807, 2.05) is 0 Å². The van der Waals surface area contributed by atoms with Crippen LogP contribution in [0.25, 0.3) is 11.2 Å². The third kappa shape index (κ3) is 2.31. The van der Waals surface area contributed by atoms with Crippen LogP contribution in [0.1, 0.15) is 12.5 Å². The molecular weight excluding hydrogens is 288 g/mol. The maximum atomic E-state index is 11.9. The number of aliphatic hydroxyl groups excluding tert-OH is 1. The lowest BCUT2D eigenvalue weighted by molar-refractivity contribution is -0.130. The summed E-state index contributed by atoms with van der Waals surface area (Å²) in [6, 6.07) is -0.361. The minimum absolute atomic E-state index is 0.0373. The summed E-state index contributed by atoms with van der Waals surface area (Å²) in [7, 11) is 0. The molecule has 0 spiro atoms. The van der Waals surface area contributed by atoms with Crippen LogP contribution >= 0.6 is 0 Å². The molecule has 0 unspecified atom stereocenters. The van der Waals surface area contributed by atoms with Crippen molar-refractivity contribution in [1.29, 1.82) is 0 Å². The molecule has 0 saturated carbocycles. The van der Waals surface area contributed by atoms with Crippen LogP contribution < -0.4 is 17.2 Å². The van der Waals surface area contributed by atoms with Gasteiger partial charge in [-0.05, 0) is 0 Å². The zero-order valence-electron chi connectivity index (χ0n) is 11.9. The number of anilines is 2. The number of hydrogen-bond acceptors (Lipinski definition) is 8. The number of nitrogens with two attached hydrogens (primary N) is 3. The Labute approximate surface area is 125 Å².